The molecule has 0 saturated heterocycles. The van der Waals surface area contributed by atoms with Gasteiger partial charge in [0.05, 0.1) is 5.54 Å². The molecule has 3 N–H and O–H groups in total. The van der Waals surface area contributed by atoms with Crippen LogP contribution in [0.2, 0.25) is 0 Å². The van der Waals surface area contributed by atoms with Gasteiger partial charge < -0.3 is 11.1 Å². The lowest BCUT2D eigenvalue weighted by atomic mass is 9.80. The van der Waals surface area contributed by atoms with Crippen LogP contribution in [0.1, 0.15) is 32.6 Å². The van der Waals surface area contributed by atoms with Gasteiger partial charge in [0.25, 0.3) is 0 Å². The molecule has 4 nitrogen and oxygen atoms in total. The first-order valence-electron chi connectivity index (χ1n) is 6.78. The third kappa shape index (κ3) is 3.48. The van der Waals surface area contributed by atoms with E-state index in [4.69, 9.17) is 5.73 Å². The number of aromatic nitrogens is 1. The molecule has 104 valence electrons. The van der Waals surface area contributed by atoms with Crippen LogP contribution in [-0.4, -0.2) is 28.2 Å². The number of hydrogen-bond donors (Lipinski definition) is 2. The number of carbonyl (C=O) groups excluding carboxylic acids is 1. The van der Waals surface area contributed by atoms with Crippen LogP contribution >= 0.6 is 11.8 Å². The molecule has 1 fully saturated rings. The van der Waals surface area contributed by atoms with E-state index in [0.29, 0.717) is 5.25 Å². The summed E-state index contributed by atoms with van der Waals surface area (Å²) in [5.41, 5.74) is 5.11. The summed E-state index contributed by atoms with van der Waals surface area (Å²) in [4.78, 5) is 17.0. The van der Waals surface area contributed by atoms with Gasteiger partial charge in [-0.25, -0.2) is 0 Å². The number of carbonyl (C=O) groups is 1. The van der Waals surface area contributed by atoms with Crippen LogP contribution in [-0.2, 0) is 4.79 Å². The Balaban J connectivity index is 2.05. The lowest BCUT2D eigenvalue weighted by Gasteiger charge is -2.38. The average Bonchev–Trinajstić information content (AvgIpc) is 2.40. The highest BCUT2D eigenvalue weighted by Gasteiger charge is 2.40. The Morgan fingerprint density at radius 1 is 1.58 bits per heavy atom. The van der Waals surface area contributed by atoms with E-state index >= 15 is 0 Å². The number of nitrogens with zero attached hydrogens (tertiary/aromatic N) is 1. The van der Waals surface area contributed by atoms with Gasteiger partial charge in [0, 0.05) is 22.5 Å². The first-order chi connectivity index (χ1) is 9.16. The highest BCUT2D eigenvalue weighted by molar-refractivity contribution is 8.00. The van der Waals surface area contributed by atoms with Crippen molar-refractivity contribution in [3.05, 3.63) is 24.5 Å². The zero-order chi connectivity index (χ0) is 13.7. The maximum atomic E-state index is 11.8. The lowest BCUT2D eigenvalue weighted by Crippen LogP contribution is -2.58. The van der Waals surface area contributed by atoms with Crippen molar-refractivity contribution < 1.29 is 4.79 Å². The quantitative estimate of drug-likeness (QED) is 0.864. The van der Waals surface area contributed by atoms with Gasteiger partial charge in [0.1, 0.15) is 0 Å². The minimum absolute atomic E-state index is 0.214. The van der Waals surface area contributed by atoms with Crippen LogP contribution in [0.25, 0.3) is 0 Å². The molecule has 0 bridgehead atoms. The summed E-state index contributed by atoms with van der Waals surface area (Å²) in [5.74, 6) is -0.214. The van der Waals surface area contributed by atoms with Crippen LogP contribution in [0.5, 0.6) is 0 Å². The largest absolute Gasteiger partial charge is 0.368 e. The first kappa shape index (κ1) is 14.3. The van der Waals surface area contributed by atoms with Crippen molar-refractivity contribution in [3.8, 4) is 0 Å². The van der Waals surface area contributed by atoms with Crippen LogP contribution in [0, 0.1) is 0 Å². The Bertz CT molecular complexity index is 422. The molecular weight excluding hydrogens is 258 g/mol. The fraction of sp³-hybridized carbons (Fsp3) is 0.571. The van der Waals surface area contributed by atoms with Gasteiger partial charge in [-0.15, -0.1) is 11.8 Å². The second kappa shape index (κ2) is 6.39. The fourth-order valence-corrected chi connectivity index (χ4v) is 4.06. The number of rotatable bonds is 5. The molecule has 1 aliphatic carbocycles. The second-order valence-electron chi connectivity index (χ2n) is 5.00. The molecule has 0 spiro atoms. The number of nitrogens with one attached hydrogen (secondary N) is 1. The highest BCUT2D eigenvalue weighted by Crippen LogP contribution is 2.38. The van der Waals surface area contributed by atoms with E-state index < -0.39 is 5.54 Å². The molecule has 5 heteroatoms. The summed E-state index contributed by atoms with van der Waals surface area (Å²) < 4.78 is 0. The molecule has 1 amide bonds. The predicted octanol–water partition coefficient (Wildman–Crippen LogP) is 1.95. The monoisotopic (exact) mass is 279 g/mol. The summed E-state index contributed by atoms with van der Waals surface area (Å²) >= 11 is 1.82. The highest BCUT2D eigenvalue weighted by atomic mass is 32.2. The van der Waals surface area contributed by atoms with Crippen LogP contribution in [0.3, 0.4) is 0 Å². The van der Waals surface area contributed by atoms with E-state index in [2.05, 4.69) is 10.3 Å². The fourth-order valence-electron chi connectivity index (χ4n) is 2.74. The van der Waals surface area contributed by atoms with Gasteiger partial charge in [0.2, 0.25) is 5.91 Å². The SMILES string of the molecule is CCNC1(C(N)=O)CCCC(Sc2ccncc2)C1. The number of amides is 1. The lowest BCUT2D eigenvalue weighted by molar-refractivity contribution is -0.125. The maximum Gasteiger partial charge on any atom is 0.237 e. The van der Waals surface area contributed by atoms with Crippen LogP contribution < -0.4 is 11.1 Å². The third-order valence-electron chi connectivity index (χ3n) is 3.65. The normalized spacial score (nSPS) is 27.1. The smallest absolute Gasteiger partial charge is 0.237 e. The molecule has 2 rings (SSSR count). The number of nitrogens with two attached hydrogens (primary N) is 1. The number of hydrogen-bond acceptors (Lipinski definition) is 4. The summed E-state index contributed by atoms with van der Waals surface area (Å²) in [6.07, 6.45) is 7.44. The van der Waals surface area contributed by atoms with Gasteiger partial charge in [-0.3, -0.25) is 9.78 Å². The molecule has 1 aromatic rings. The Hall–Kier alpha value is -1.07. The van der Waals surface area contributed by atoms with E-state index in [1.54, 1.807) is 12.4 Å². The zero-order valence-corrected chi connectivity index (χ0v) is 12.1. The van der Waals surface area contributed by atoms with Gasteiger partial charge in [-0.1, -0.05) is 6.92 Å². The van der Waals surface area contributed by atoms with Crippen LogP contribution in [0.15, 0.2) is 29.4 Å². The molecule has 2 unspecified atom stereocenters. The average molecular weight is 279 g/mol. The van der Waals surface area contributed by atoms with E-state index in [1.165, 1.54) is 4.90 Å². The molecule has 1 saturated carbocycles. The van der Waals surface area contributed by atoms with Crippen molar-refractivity contribution in [2.75, 3.05) is 6.54 Å². The standard InChI is InChI=1S/C14H21N3OS/c1-2-17-14(13(15)18)7-3-4-12(10-14)19-11-5-8-16-9-6-11/h5-6,8-9,12,17H,2-4,7,10H2,1H3,(H2,15,18). The van der Waals surface area contributed by atoms with Crippen LogP contribution in [0.4, 0.5) is 0 Å². The molecule has 1 aliphatic rings. The van der Waals surface area contributed by atoms with Gasteiger partial charge in [-0.2, -0.15) is 0 Å². The van der Waals surface area contributed by atoms with Crippen molar-refractivity contribution in [2.24, 2.45) is 5.73 Å². The Morgan fingerprint density at radius 2 is 2.32 bits per heavy atom. The molecule has 0 aliphatic heterocycles. The molecule has 0 aromatic carbocycles. The topological polar surface area (TPSA) is 68.0 Å². The minimum atomic E-state index is -0.516. The molecule has 0 radical (unpaired) electrons. The van der Waals surface area contributed by atoms with Gasteiger partial charge >= 0.3 is 0 Å². The van der Waals surface area contributed by atoms with Crippen molar-refractivity contribution in [1.29, 1.82) is 0 Å². The van der Waals surface area contributed by atoms with Gasteiger partial charge in [0.15, 0.2) is 0 Å². The predicted molar refractivity (Wildman–Crippen MR) is 78.0 cm³/mol. The van der Waals surface area contributed by atoms with Crippen molar-refractivity contribution >= 4 is 17.7 Å². The second-order valence-corrected chi connectivity index (χ2v) is 6.37. The molecule has 1 aromatic heterocycles. The van der Waals surface area contributed by atoms with E-state index in [-0.39, 0.29) is 5.91 Å². The number of thioether (sulfide) groups is 1. The molecular formula is C14H21N3OS. The van der Waals surface area contributed by atoms with E-state index in [0.717, 1.165) is 32.2 Å². The number of likely N-dealkylation sites (N-methyl/N-ethyl adjacent to an activating group) is 1. The summed E-state index contributed by atoms with van der Waals surface area (Å²) in [6.45, 7) is 2.79. The first-order valence-corrected chi connectivity index (χ1v) is 7.66. The summed E-state index contributed by atoms with van der Waals surface area (Å²) in [5, 5.41) is 3.75. The number of pyridine rings is 1. The van der Waals surface area contributed by atoms with Crippen molar-refractivity contribution in [2.45, 2.75) is 48.3 Å². The van der Waals surface area contributed by atoms with Crippen molar-refractivity contribution in [3.63, 3.8) is 0 Å². The zero-order valence-electron chi connectivity index (χ0n) is 11.3. The Morgan fingerprint density at radius 3 is 2.95 bits per heavy atom. The van der Waals surface area contributed by atoms with E-state index in [1.807, 2.05) is 30.8 Å². The number of primary amides is 1. The van der Waals surface area contributed by atoms with E-state index in [9.17, 15) is 4.79 Å². The molecule has 2 atom stereocenters. The maximum absolute atomic E-state index is 11.8. The summed E-state index contributed by atoms with van der Waals surface area (Å²) in [7, 11) is 0. The summed E-state index contributed by atoms with van der Waals surface area (Å²) in [6, 6.07) is 4.02. The minimum Gasteiger partial charge on any atom is -0.368 e. The van der Waals surface area contributed by atoms with Crippen molar-refractivity contribution in [1.82, 2.24) is 10.3 Å². The Labute approximate surface area is 118 Å². The molecule has 19 heavy (non-hydrogen) atoms. The van der Waals surface area contributed by atoms with Gasteiger partial charge in [-0.05, 0) is 44.4 Å². The third-order valence-corrected chi connectivity index (χ3v) is 4.93. The molecule has 1 heterocycles. The Kier molecular flexibility index (Phi) is 4.82.